The maximum atomic E-state index is 12.9. The Kier molecular flexibility index (Phi) is 6.53. The van der Waals surface area contributed by atoms with Crippen LogP contribution in [0.2, 0.25) is 5.02 Å². The van der Waals surface area contributed by atoms with Crippen LogP contribution in [0.25, 0.3) is 6.08 Å². The molecule has 0 radical (unpaired) electrons. The number of ether oxygens (including phenoxy) is 1. The first kappa shape index (κ1) is 20.7. The van der Waals surface area contributed by atoms with Gasteiger partial charge in [-0.15, -0.1) is 0 Å². The van der Waals surface area contributed by atoms with Gasteiger partial charge in [0.25, 0.3) is 5.91 Å². The highest BCUT2D eigenvalue weighted by molar-refractivity contribution is 8.26. The second-order valence-electron chi connectivity index (χ2n) is 6.71. The van der Waals surface area contributed by atoms with Crippen LogP contribution in [0.4, 0.5) is 0 Å². The summed E-state index contributed by atoms with van der Waals surface area (Å²) in [6.07, 6.45) is 1.85. The summed E-state index contributed by atoms with van der Waals surface area (Å²) in [5.74, 6) is 0.627. The summed E-state index contributed by atoms with van der Waals surface area (Å²) in [5.41, 5.74) is 2.90. The summed E-state index contributed by atoms with van der Waals surface area (Å²) in [6, 6.07) is 25.0. The minimum absolute atomic E-state index is 0.0821. The zero-order valence-corrected chi connectivity index (χ0v) is 18.3. The zero-order chi connectivity index (χ0) is 20.9. The molecule has 0 N–H and O–H groups in total. The predicted octanol–water partition coefficient (Wildman–Crippen LogP) is 6.32. The molecule has 0 aliphatic carbocycles. The fraction of sp³-hybridized carbons (Fsp3) is 0.0833. The Bertz CT molecular complexity index is 1100. The third-order valence-corrected chi connectivity index (χ3v) is 6.20. The van der Waals surface area contributed by atoms with E-state index in [1.807, 2.05) is 84.9 Å². The molecule has 0 aromatic heterocycles. The molecule has 1 aliphatic heterocycles. The molecule has 1 amide bonds. The van der Waals surface area contributed by atoms with Gasteiger partial charge in [0.1, 0.15) is 16.7 Å². The average molecular weight is 452 g/mol. The Morgan fingerprint density at radius 3 is 2.40 bits per heavy atom. The van der Waals surface area contributed by atoms with Gasteiger partial charge in [-0.1, -0.05) is 96.2 Å². The Labute approximate surface area is 190 Å². The highest BCUT2D eigenvalue weighted by Crippen LogP contribution is 2.35. The van der Waals surface area contributed by atoms with E-state index in [9.17, 15) is 4.79 Å². The molecule has 1 heterocycles. The monoisotopic (exact) mass is 451 g/mol. The molecule has 0 unspecified atom stereocenters. The summed E-state index contributed by atoms with van der Waals surface area (Å²) in [6.45, 7) is 0.883. The number of amides is 1. The maximum absolute atomic E-state index is 12.9. The van der Waals surface area contributed by atoms with Gasteiger partial charge in [0.2, 0.25) is 0 Å². The van der Waals surface area contributed by atoms with E-state index in [0.29, 0.717) is 33.1 Å². The van der Waals surface area contributed by atoms with Crippen molar-refractivity contribution in [3.8, 4) is 5.75 Å². The van der Waals surface area contributed by atoms with Gasteiger partial charge >= 0.3 is 0 Å². The lowest BCUT2D eigenvalue weighted by molar-refractivity contribution is -0.122. The number of rotatable bonds is 6. The Balaban J connectivity index is 1.51. The second kappa shape index (κ2) is 9.47. The molecule has 0 atom stereocenters. The van der Waals surface area contributed by atoms with Crippen molar-refractivity contribution in [2.45, 2.75) is 13.2 Å². The minimum Gasteiger partial charge on any atom is -0.488 e. The largest absolute Gasteiger partial charge is 0.488 e. The Hall–Kier alpha value is -2.60. The molecule has 0 spiro atoms. The normalized spacial score (nSPS) is 15.1. The van der Waals surface area contributed by atoms with Crippen molar-refractivity contribution in [2.75, 3.05) is 0 Å². The average Bonchev–Trinajstić information content (AvgIpc) is 3.02. The molecule has 0 bridgehead atoms. The number of thioether (sulfide) groups is 1. The number of para-hydroxylation sites is 1. The predicted molar refractivity (Wildman–Crippen MR) is 127 cm³/mol. The first-order valence-corrected chi connectivity index (χ1v) is 11.0. The molecule has 1 fully saturated rings. The zero-order valence-electron chi connectivity index (χ0n) is 16.0. The first-order valence-electron chi connectivity index (χ1n) is 9.36. The third kappa shape index (κ3) is 4.93. The van der Waals surface area contributed by atoms with E-state index < -0.39 is 0 Å². The molecule has 30 heavy (non-hydrogen) atoms. The third-order valence-electron chi connectivity index (χ3n) is 4.57. The van der Waals surface area contributed by atoms with Crippen LogP contribution in [-0.4, -0.2) is 15.1 Å². The van der Waals surface area contributed by atoms with Gasteiger partial charge in [-0.05, 0) is 35.4 Å². The van der Waals surface area contributed by atoms with Crippen LogP contribution >= 0.6 is 35.6 Å². The van der Waals surface area contributed by atoms with Crippen molar-refractivity contribution in [1.82, 2.24) is 4.90 Å². The van der Waals surface area contributed by atoms with E-state index in [4.69, 9.17) is 28.6 Å². The number of carbonyl (C=O) groups is 1. The van der Waals surface area contributed by atoms with Crippen LogP contribution in [0.1, 0.15) is 16.7 Å². The number of hydrogen-bond donors (Lipinski definition) is 0. The summed E-state index contributed by atoms with van der Waals surface area (Å²) in [4.78, 5) is 15.2. The summed E-state index contributed by atoms with van der Waals surface area (Å²) >= 11 is 12.7. The molecule has 4 rings (SSSR count). The van der Waals surface area contributed by atoms with Crippen molar-refractivity contribution in [1.29, 1.82) is 0 Å². The SMILES string of the molecule is O=C1/C(=C/c2ccccc2OCc2ccc(Cl)cc2)SC(=S)N1Cc1ccccc1. The van der Waals surface area contributed by atoms with E-state index in [1.54, 1.807) is 4.90 Å². The Morgan fingerprint density at radius 1 is 0.933 bits per heavy atom. The van der Waals surface area contributed by atoms with Crippen LogP contribution in [0.5, 0.6) is 5.75 Å². The quantitative estimate of drug-likeness (QED) is 0.324. The second-order valence-corrected chi connectivity index (χ2v) is 8.82. The smallest absolute Gasteiger partial charge is 0.266 e. The molecule has 3 aromatic rings. The number of hydrogen-bond acceptors (Lipinski definition) is 4. The standard InChI is InChI=1S/C24H18ClNO2S2/c25-20-12-10-18(11-13-20)16-28-21-9-5-4-8-19(21)14-22-23(27)26(24(29)30-22)15-17-6-2-1-3-7-17/h1-14H,15-16H2/b22-14-. The lowest BCUT2D eigenvalue weighted by Crippen LogP contribution is -2.27. The number of benzene rings is 3. The van der Waals surface area contributed by atoms with Crippen LogP contribution in [-0.2, 0) is 17.9 Å². The van der Waals surface area contributed by atoms with Crippen molar-refractivity contribution in [2.24, 2.45) is 0 Å². The highest BCUT2D eigenvalue weighted by Gasteiger charge is 2.32. The molecule has 1 saturated heterocycles. The van der Waals surface area contributed by atoms with E-state index in [0.717, 1.165) is 16.7 Å². The van der Waals surface area contributed by atoms with Crippen LogP contribution in [0.3, 0.4) is 0 Å². The maximum Gasteiger partial charge on any atom is 0.266 e. The van der Waals surface area contributed by atoms with Gasteiger partial charge in [0.15, 0.2) is 0 Å². The number of thiocarbonyl (C=S) groups is 1. The van der Waals surface area contributed by atoms with Crippen molar-refractivity contribution in [3.63, 3.8) is 0 Å². The van der Waals surface area contributed by atoms with Crippen molar-refractivity contribution < 1.29 is 9.53 Å². The fourth-order valence-electron chi connectivity index (χ4n) is 3.02. The van der Waals surface area contributed by atoms with E-state index in [1.165, 1.54) is 11.8 Å². The van der Waals surface area contributed by atoms with Gasteiger partial charge in [-0.25, -0.2) is 0 Å². The van der Waals surface area contributed by atoms with E-state index in [-0.39, 0.29) is 5.91 Å². The minimum atomic E-state index is -0.0821. The van der Waals surface area contributed by atoms with Crippen molar-refractivity contribution >= 4 is 51.9 Å². The summed E-state index contributed by atoms with van der Waals surface area (Å²) in [7, 11) is 0. The molecule has 6 heteroatoms. The van der Waals surface area contributed by atoms with Crippen molar-refractivity contribution in [3.05, 3.63) is 105 Å². The number of halogens is 1. The summed E-state index contributed by atoms with van der Waals surface area (Å²) < 4.78 is 6.57. The van der Waals surface area contributed by atoms with E-state index >= 15 is 0 Å². The lowest BCUT2D eigenvalue weighted by atomic mass is 10.1. The fourth-order valence-corrected chi connectivity index (χ4v) is 4.39. The first-order chi connectivity index (χ1) is 14.6. The van der Waals surface area contributed by atoms with Crippen LogP contribution < -0.4 is 4.74 Å². The molecule has 1 aliphatic rings. The van der Waals surface area contributed by atoms with Crippen LogP contribution in [0, 0.1) is 0 Å². The molecule has 150 valence electrons. The molecule has 3 aromatic carbocycles. The summed E-state index contributed by atoms with van der Waals surface area (Å²) in [5, 5.41) is 0.691. The Morgan fingerprint density at radius 2 is 1.63 bits per heavy atom. The molecule has 0 saturated carbocycles. The molecular formula is C24H18ClNO2S2. The van der Waals surface area contributed by atoms with Gasteiger partial charge < -0.3 is 4.74 Å². The van der Waals surface area contributed by atoms with E-state index in [2.05, 4.69) is 0 Å². The van der Waals surface area contributed by atoms with Gasteiger partial charge in [0, 0.05) is 10.6 Å². The van der Waals surface area contributed by atoms with Gasteiger partial charge in [0.05, 0.1) is 11.4 Å². The molecule has 3 nitrogen and oxygen atoms in total. The molecular weight excluding hydrogens is 434 g/mol. The lowest BCUT2D eigenvalue weighted by Gasteiger charge is -2.14. The van der Waals surface area contributed by atoms with Crippen LogP contribution in [0.15, 0.2) is 83.8 Å². The van der Waals surface area contributed by atoms with Gasteiger partial charge in [-0.2, -0.15) is 0 Å². The topological polar surface area (TPSA) is 29.5 Å². The van der Waals surface area contributed by atoms with Gasteiger partial charge in [-0.3, -0.25) is 9.69 Å². The number of nitrogens with zero attached hydrogens (tertiary/aromatic N) is 1. The number of carbonyl (C=O) groups excluding carboxylic acids is 1. The highest BCUT2D eigenvalue weighted by atomic mass is 35.5.